The first-order valence-electron chi connectivity index (χ1n) is 5.90. The van der Waals surface area contributed by atoms with E-state index in [1.165, 1.54) is 16.9 Å². The highest BCUT2D eigenvalue weighted by atomic mass is 35.5. The van der Waals surface area contributed by atoms with Crippen molar-refractivity contribution in [1.29, 1.82) is 0 Å². The van der Waals surface area contributed by atoms with Crippen LogP contribution in [0.15, 0.2) is 42.0 Å². The third-order valence-corrected chi connectivity index (χ3v) is 4.04. The molecule has 1 atom stereocenters. The van der Waals surface area contributed by atoms with Crippen LogP contribution < -0.4 is 0 Å². The number of aromatic nitrogens is 1. The summed E-state index contributed by atoms with van der Waals surface area (Å²) in [4.78, 5) is 5.46. The van der Waals surface area contributed by atoms with Crippen molar-refractivity contribution in [3.63, 3.8) is 0 Å². The molecule has 17 heavy (non-hydrogen) atoms. The van der Waals surface area contributed by atoms with E-state index in [0.717, 1.165) is 19.3 Å². The zero-order chi connectivity index (χ0) is 11.9. The molecule has 0 aliphatic heterocycles. The number of alkyl halides is 1. The van der Waals surface area contributed by atoms with Gasteiger partial charge in [-0.3, -0.25) is 4.98 Å². The number of hydrogen-bond acceptors (Lipinski definition) is 2. The molecule has 3 heteroatoms. The van der Waals surface area contributed by atoms with Crippen LogP contribution in [0, 0.1) is 0 Å². The summed E-state index contributed by atoms with van der Waals surface area (Å²) in [6, 6.07) is 8.37. The maximum Gasteiger partial charge on any atom is 0.0376 e. The summed E-state index contributed by atoms with van der Waals surface area (Å²) in [5, 5.41) is 2.36. The molecule has 2 rings (SSSR count). The minimum absolute atomic E-state index is 0.234. The van der Waals surface area contributed by atoms with Gasteiger partial charge in [0.1, 0.15) is 0 Å². The number of hydrogen-bond donors (Lipinski definition) is 0. The molecular weight excluding hydrogens is 250 g/mol. The summed E-state index contributed by atoms with van der Waals surface area (Å²) < 4.78 is 0. The highest BCUT2D eigenvalue weighted by molar-refractivity contribution is 7.09. The van der Waals surface area contributed by atoms with Crippen LogP contribution in [0.3, 0.4) is 0 Å². The van der Waals surface area contributed by atoms with Gasteiger partial charge in [-0.15, -0.1) is 22.9 Å². The maximum atomic E-state index is 6.34. The lowest BCUT2D eigenvalue weighted by atomic mass is 10.1. The summed E-state index contributed by atoms with van der Waals surface area (Å²) in [6.07, 6.45) is 7.97. The normalized spacial score (nSPS) is 12.5. The predicted molar refractivity (Wildman–Crippen MR) is 74.8 cm³/mol. The van der Waals surface area contributed by atoms with E-state index in [1.54, 1.807) is 0 Å². The lowest BCUT2D eigenvalue weighted by Gasteiger charge is -2.08. The molecular formula is C14H16ClNS. The van der Waals surface area contributed by atoms with Gasteiger partial charge in [0, 0.05) is 22.6 Å². The second-order valence-electron chi connectivity index (χ2n) is 4.13. The van der Waals surface area contributed by atoms with E-state index < -0.39 is 0 Å². The Morgan fingerprint density at radius 2 is 2.06 bits per heavy atom. The highest BCUT2D eigenvalue weighted by Crippen LogP contribution is 2.17. The molecule has 0 fully saturated rings. The smallest absolute Gasteiger partial charge is 0.0376 e. The molecule has 0 radical (unpaired) electrons. The van der Waals surface area contributed by atoms with E-state index >= 15 is 0 Å². The van der Waals surface area contributed by atoms with Crippen LogP contribution in [0.25, 0.3) is 0 Å². The zero-order valence-corrected chi connectivity index (χ0v) is 11.3. The van der Waals surface area contributed by atoms with Crippen LogP contribution in [0.4, 0.5) is 0 Å². The van der Waals surface area contributed by atoms with Gasteiger partial charge >= 0.3 is 0 Å². The Morgan fingerprint density at radius 3 is 2.76 bits per heavy atom. The SMILES string of the molecule is ClC(CCCc1cccs1)Cc1ccncc1. The average molecular weight is 266 g/mol. The molecule has 0 aromatic carbocycles. The van der Waals surface area contributed by atoms with Crippen LogP contribution in [0.1, 0.15) is 23.3 Å². The van der Waals surface area contributed by atoms with E-state index in [-0.39, 0.29) is 5.38 Å². The Bertz CT molecular complexity index is 413. The third-order valence-electron chi connectivity index (χ3n) is 2.73. The molecule has 0 aliphatic carbocycles. The first-order chi connectivity index (χ1) is 8.34. The van der Waals surface area contributed by atoms with Gasteiger partial charge in [0.25, 0.3) is 0 Å². The second-order valence-corrected chi connectivity index (χ2v) is 5.78. The molecule has 1 nitrogen and oxygen atoms in total. The van der Waals surface area contributed by atoms with Crippen molar-refractivity contribution in [1.82, 2.24) is 4.98 Å². The Hall–Kier alpha value is -0.860. The van der Waals surface area contributed by atoms with Crippen molar-refractivity contribution < 1.29 is 0 Å². The highest BCUT2D eigenvalue weighted by Gasteiger charge is 2.06. The predicted octanol–water partition coefficient (Wildman–Crippen LogP) is 4.32. The van der Waals surface area contributed by atoms with E-state index in [1.807, 2.05) is 35.9 Å². The monoisotopic (exact) mass is 265 g/mol. The molecule has 0 saturated carbocycles. The summed E-state index contributed by atoms with van der Waals surface area (Å²) in [5.74, 6) is 0. The number of thiophene rings is 1. The number of aryl methyl sites for hydroxylation is 1. The fourth-order valence-electron chi connectivity index (χ4n) is 1.83. The van der Waals surface area contributed by atoms with Crippen molar-refractivity contribution in [2.24, 2.45) is 0 Å². The van der Waals surface area contributed by atoms with E-state index in [0.29, 0.717) is 0 Å². The first kappa shape index (κ1) is 12.6. The number of pyridine rings is 1. The summed E-state index contributed by atoms with van der Waals surface area (Å²) in [6.45, 7) is 0. The molecule has 2 aromatic heterocycles. The Morgan fingerprint density at radius 1 is 1.24 bits per heavy atom. The minimum atomic E-state index is 0.234. The third kappa shape index (κ3) is 4.49. The van der Waals surface area contributed by atoms with Crippen molar-refractivity contribution in [2.45, 2.75) is 31.1 Å². The van der Waals surface area contributed by atoms with Crippen LogP contribution in [-0.2, 0) is 12.8 Å². The van der Waals surface area contributed by atoms with E-state index in [9.17, 15) is 0 Å². The molecule has 2 aromatic rings. The summed E-state index contributed by atoms with van der Waals surface area (Å²) >= 11 is 8.17. The van der Waals surface area contributed by atoms with Crippen molar-refractivity contribution in [3.05, 3.63) is 52.5 Å². The molecule has 0 aliphatic rings. The molecule has 0 saturated heterocycles. The zero-order valence-electron chi connectivity index (χ0n) is 9.68. The van der Waals surface area contributed by atoms with Gasteiger partial charge in [0.2, 0.25) is 0 Å². The number of rotatable bonds is 6. The lowest BCUT2D eigenvalue weighted by molar-refractivity contribution is 0.689. The standard InChI is InChI=1S/C14H16ClNS/c15-13(11-12-6-8-16-9-7-12)3-1-4-14-5-2-10-17-14/h2,5-10,13H,1,3-4,11H2. The quantitative estimate of drug-likeness (QED) is 0.709. The first-order valence-corrected chi connectivity index (χ1v) is 7.21. The number of halogens is 1. The molecule has 0 N–H and O–H groups in total. The van der Waals surface area contributed by atoms with Gasteiger partial charge in [-0.05, 0) is 54.8 Å². The molecule has 2 heterocycles. The fraction of sp³-hybridized carbons (Fsp3) is 0.357. The van der Waals surface area contributed by atoms with Gasteiger partial charge in [-0.2, -0.15) is 0 Å². The van der Waals surface area contributed by atoms with Gasteiger partial charge in [-0.1, -0.05) is 6.07 Å². The van der Waals surface area contributed by atoms with Gasteiger partial charge < -0.3 is 0 Å². The Labute approximate surface area is 111 Å². The van der Waals surface area contributed by atoms with Crippen molar-refractivity contribution in [2.75, 3.05) is 0 Å². The van der Waals surface area contributed by atoms with Crippen molar-refractivity contribution >= 4 is 22.9 Å². The van der Waals surface area contributed by atoms with Crippen molar-refractivity contribution in [3.8, 4) is 0 Å². The van der Waals surface area contributed by atoms with E-state index in [2.05, 4.69) is 22.5 Å². The van der Waals surface area contributed by atoms with Crippen LogP contribution >= 0.6 is 22.9 Å². The maximum absolute atomic E-state index is 6.34. The van der Waals surface area contributed by atoms with Gasteiger partial charge in [0.15, 0.2) is 0 Å². The Balaban J connectivity index is 1.69. The van der Waals surface area contributed by atoms with E-state index in [4.69, 9.17) is 11.6 Å². The second kappa shape index (κ2) is 6.77. The largest absolute Gasteiger partial charge is 0.265 e. The number of nitrogens with zero attached hydrogens (tertiary/aromatic N) is 1. The van der Waals surface area contributed by atoms with Crippen LogP contribution in [0.2, 0.25) is 0 Å². The lowest BCUT2D eigenvalue weighted by Crippen LogP contribution is -2.03. The van der Waals surface area contributed by atoms with Gasteiger partial charge in [-0.25, -0.2) is 0 Å². The molecule has 0 bridgehead atoms. The van der Waals surface area contributed by atoms with Crippen LogP contribution in [-0.4, -0.2) is 10.4 Å². The van der Waals surface area contributed by atoms with Gasteiger partial charge in [0.05, 0.1) is 0 Å². The molecule has 90 valence electrons. The molecule has 0 spiro atoms. The summed E-state index contributed by atoms with van der Waals surface area (Å²) in [5.41, 5.74) is 1.27. The topological polar surface area (TPSA) is 12.9 Å². The summed E-state index contributed by atoms with van der Waals surface area (Å²) in [7, 11) is 0. The fourth-order valence-corrected chi connectivity index (χ4v) is 2.91. The van der Waals surface area contributed by atoms with Crippen LogP contribution in [0.5, 0.6) is 0 Å². The molecule has 0 amide bonds. The Kier molecular flexibility index (Phi) is 5.02. The molecule has 1 unspecified atom stereocenters. The minimum Gasteiger partial charge on any atom is -0.265 e. The average Bonchev–Trinajstić information content (AvgIpc) is 2.83.